The fourth-order valence-electron chi connectivity index (χ4n) is 3.49. The molecule has 3 heterocycles. The lowest BCUT2D eigenvalue weighted by molar-refractivity contribution is 0.0687. The van der Waals surface area contributed by atoms with Crippen molar-refractivity contribution in [1.29, 1.82) is 0 Å². The van der Waals surface area contributed by atoms with Crippen molar-refractivity contribution in [3.05, 3.63) is 89.3 Å². The summed E-state index contributed by atoms with van der Waals surface area (Å²) < 4.78 is 0. The van der Waals surface area contributed by atoms with Crippen LogP contribution in [-0.2, 0) is 5.60 Å². The van der Waals surface area contributed by atoms with Crippen molar-refractivity contribution in [2.75, 3.05) is 5.32 Å². The van der Waals surface area contributed by atoms with Gasteiger partial charge in [0.1, 0.15) is 5.60 Å². The monoisotopic (exact) mass is 479 g/mol. The molecule has 0 unspecified atom stereocenters. The van der Waals surface area contributed by atoms with Gasteiger partial charge in [0.05, 0.1) is 28.0 Å². The van der Waals surface area contributed by atoms with Gasteiger partial charge >= 0.3 is 0 Å². The Balaban J connectivity index is 1.76. The van der Waals surface area contributed by atoms with E-state index in [1.165, 1.54) is 0 Å². The molecule has 168 valence electrons. The molecule has 0 amide bonds. The number of halogens is 2. The van der Waals surface area contributed by atoms with Gasteiger partial charge in [-0.2, -0.15) is 0 Å². The van der Waals surface area contributed by atoms with Gasteiger partial charge in [-0.15, -0.1) is 6.58 Å². The number of hydrogen-bond acceptors (Lipinski definition) is 6. The van der Waals surface area contributed by atoms with Crippen molar-refractivity contribution >= 4 is 39.8 Å². The zero-order chi connectivity index (χ0) is 23.6. The van der Waals surface area contributed by atoms with Crippen LogP contribution in [0.4, 0.5) is 5.69 Å². The number of aromatic nitrogens is 4. The minimum atomic E-state index is -1.11. The molecule has 0 aliphatic rings. The molecular formula is C25H23Cl2N5O. The summed E-state index contributed by atoms with van der Waals surface area (Å²) in [5.74, 6) is 0.361. The molecule has 1 atom stereocenters. The zero-order valence-corrected chi connectivity index (χ0v) is 19.8. The van der Waals surface area contributed by atoms with Crippen LogP contribution < -0.4 is 5.32 Å². The SMILES string of the molecule is C=CC[C@@H](Nc1c(Cl)cnc2ccc(-c3cnc(C(C)(C)O)nc3)cc12)c1cc(Cl)ccn1. The molecule has 3 aromatic heterocycles. The smallest absolute Gasteiger partial charge is 0.159 e. The van der Waals surface area contributed by atoms with E-state index in [0.717, 1.165) is 33.4 Å². The second-order valence-electron chi connectivity index (χ2n) is 8.19. The Hall–Kier alpha value is -3.06. The largest absolute Gasteiger partial charge is 0.382 e. The molecule has 2 N–H and O–H groups in total. The Morgan fingerprint density at radius 2 is 1.79 bits per heavy atom. The van der Waals surface area contributed by atoms with Crippen LogP contribution in [0, 0.1) is 0 Å². The van der Waals surface area contributed by atoms with E-state index >= 15 is 0 Å². The van der Waals surface area contributed by atoms with Gasteiger partial charge in [0, 0.05) is 40.8 Å². The van der Waals surface area contributed by atoms with Gasteiger partial charge in [0.25, 0.3) is 0 Å². The van der Waals surface area contributed by atoms with Gasteiger partial charge in [-0.05, 0) is 50.1 Å². The van der Waals surface area contributed by atoms with Crippen molar-refractivity contribution in [3.63, 3.8) is 0 Å². The molecule has 0 saturated carbocycles. The minimum absolute atomic E-state index is 0.178. The predicted molar refractivity (Wildman–Crippen MR) is 133 cm³/mol. The second kappa shape index (κ2) is 9.43. The number of nitrogens with one attached hydrogen (secondary N) is 1. The van der Waals surface area contributed by atoms with E-state index in [0.29, 0.717) is 22.3 Å². The van der Waals surface area contributed by atoms with Gasteiger partial charge in [-0.3, -0.25) is 9.97 Å². The lowest BCUT2D eigenvalue weighted by Crippen LogP contribution is -2.19. The van der Waals surface area contributed by atoms with E-state index in [1.807, 2.05) is 30.3 Å². The highest BCUT2D eigenvalue weighted by molar-refractivity contribution is 6.34. The van der Waals surface area contributed by atoms with Crippen LogP contribution in [0.3, 0.4) is 0 Å². The number of hydrogen-bond donors (Lipinski definition) is 2. The molecule has 0 spiro atoms. The molecule has 1 aromatic carbocycles. The van der Waals surface area contributed by atoms with Gasteiger partial charge in [-0.25, -0.2) is 9.97 Å². The summed E-state index contributed by atoms with van der Waals surface area (Å²) in [5, 5.41) is 15.6. The quantitative estimate of drug-likeness (QED) is 0.300. The van der Waals surface area contributed by atoms with Gasteiger partial charge in [-0.1, -0.05) is 35.3 Å². The number of nitrogens with zero attached hydrogens (tertiary/aromatic N) is 4. The van der Waals surface area contributed by atoms with Gasteiger partial charge in [0.15, 0.2) is 5.82 Å². The Kier molecular flexibility index (Phi) is 6.61. The highest BCUT2D eigenvalue weighted by Crippen LogP contribution is 2.36. The standard InChI is InChI=1S/C25H23Cl2N5O/c1-4-5-21(22-11-17(26)8-9-28-22)32-23-18-10-15(6-7-20(18)29-14-19(23)27)16-12-30-24(31-13-16)25(2,3)33/h4,6-14,21,33H,1,5H2,2-3H3,(H,29,32)/t21-/m1/s1. The fraction of sp³-hybridized carbons (Fsp3) is 0.200. The van der Waals surface area contributed by atoms with Gasteiger partial charge in [0.2, 0.25) is 0 Å². The molecule has 0 aliphatic carbocycles. The summed E-state index contributed by atoms with van der Waals surface area (Å²) >= 11 is 12.8. The average molecular weight is 480 g/mol. The van der Waals surface area contributed by atoms with Crippen LogP contribution >= 0.6 is 23.2 Å². The molecule has 0 radical (unpaired) electrons. The van der Waals surface area contributed by atoms with Crippen molar-refractivity contribution in [3.8, 4) is 11.1 Å². The van der Waals surface area contributed by atoms with Crippen LogP contribution in [0.25, 0.3) is 22.0 Å². The number of benzene rings is 1. The summed E-state index contributed by atoms with van der Waals surface area (Å²) in [5.41, 5.74) is 2.93. The maximum Gasteiger partial charge on any atom is 0.159 e. The number of pyridine rings is 2. The molecule has 33 heavy (non-hydrogen) atoms. The lowest BCUT2D eigenvalue weighted by Gasteiger charge is -2.21. The summed E-state index contributed by atoms with van der Waals surface area (Å²) in [6.07, 6.45) is 9.15. The third-order valence-corrected chi connectivity index (χ3v) is 5.70. The van der Waals surface area contributed by atoms with E-state index in [2.05, 4.69) is 31.8 Å². The van der Waals surface area contributed by atoms with Crippen molar-refractivity contribution < 1.29 is 5.11 Å². The molecule has 6 nitrogen and oxygen atoms in total. The zero-order valence-electron chi connectivity index (χ0n) is 18.3. The maximum atomic E-state index is 10.1. The van der Waals surface area contributed by atoms with E-state index in [-0.39, 0.29) is 6.04 Å². The molecule has 0 saturated heterocycles. The van der Waals surface area contributed by atoms with Crippen molar-refractivity contribution in [2.45, 2.75) is 31.9 Å². The molecule has 0 aliphatic heterocycles. The topological polar surface area (TPSA) is 83.8 Å². The van der Waals surface area contributed by atoms with E-state index in [1.54, 1.807) is 44.7 Å². The van der Waals surface area contributed by atoms with Crippen LogP contribution in [0.5, 0.6) is 0 Å². The maximum absolute atomic E-state index is 10.1. The van der Waals surface area contributed by atoms with E-state index < -0.39 is 5.60 Å². The normalized spacial score (nSPS) is 12.5. The number of aliphatic hydroxyl groups is 1. The molecule has 4 aromatic rings. The second-order valence-corrected chi connectivity index (χ2v) is 9.03. The first-order valence-corrected chi connectivity index (χ1v) is 11.1. The third-order valence-electron chi connectivity index (χ3n) is 5.18. The van der Waals surface area contributed by atoms with Crippen LogP contribution in [0.15, 0.2) is 67.8 Å². The first-order chi connectivity index (χ1) is 15.8. The van der Waals surface area contributed by atoms with Crippen molar-refractivity contribution in [2.24, 2.45) is 0 Å². The number of fused-ring (bicyclic) bond motifs is 1. The predicted octanol–water partition coefficient (Wildman–Crippen LogP) is 6.35. The Morgan fingerprint density at radius 1 is 1.03 bits per heavy atom. The molecule has 0 fully saturated rings. The molecular weight excluding hydrogens is 457 g/mol. The minimum Gasteiger partial charge on any atom is -0.382 e. The van der Waals surface area contributed by atoms with Gasteiger partial charge < -0.3 is 10.4 Å². The van der Waals surface area contributed by atoms with Crippen LogP contribution in [-0.4, -0.2) is 25.0 Å². The third kappa shape index (κ3) is 5.14. The fourth-order valence-corrected chi connectivity index (χ4v) is 3.87. The Bertz CT molecular complexity index is 1300. The van der Waals surface area contributed by atoms with Crippen LogP contribution in [0.2, 0.25) is 10.0 Å². The Labute approximate surface area is 202 Å². The summed E-state index contributed by atoms with van der Waals surface area (Å²) in [7, 11) is 0. The average Bonchev–Trinajstić information content (AvgIpc) is 2.79. The van der Waals surface area contributed by atoms with E-state index in [9.17, 15) is 5.11 Å². The summed E-state index contributed by atoms with van der Waals surface area (Å²) in [4.78, 5) is 17.6. The first-order valence-electron chi connectivity index (χ1n) is 10.4. The summed E-state index contributed by atoms with van der Waals surface area (Å²) in [6, 6.07) is 9.26. The molecule has 0 bridgehead atoms. The molecule has 4 rings (SSSR count). The molecule has 8 heteroatoms. The summed E-state index contributed by atoms with van der Waals surface area (Å²) in [6.45, 7) is 7.18. The lowest BCUT2D eigenvalue weighted by atomic mass is 10.0. The first kappa shape index (κ1) is 23.1. The Morgan fingerprint density at radius 3 is 2.45 bits per heavy atom. The number of anilines is 1. The number of rotatable bonds is 7. The van der Waals surface area contributed by atoms with Crippen LogP contribution in [0.1, 0.15) is 37.8 Å². The van der Waals surface area contributed by atoms with E-state index in [4.69, 9.17) is 23.2 Å². The highest BCUT2D eigenvalue weighted by atomic mass is 35.5. The van der Waals surface area contributed by atoms with Crippen molar-refractivity contribution in [1.82, 2.24) is 19.9 Å². The highest BCUT2D eigenvalue weighted by Gasteiger charge is 2.20.